The highest BCUT2D eigenvalue weighted by Gasteiger charge is 2.13. The van der Waals surface area contributed by atoms with Crippen LogP contribution in [0.1, 0.15) is 21.3 Å². The molecule has 0 radical (unpaired) electrons. The monoisotopic (exact) mass is 311 g/mol. The zero-order valence-electron chi connectivity index (χ0n) is 10.8. The number of hydrogen-bond acceptors (Lipinski definition) is 4. The number of halogens is 1. The Hall–Kier alpha value is -1.56. The van der Waals surface area contributed by atoms with Crippen LogP contribution in [0.3, 0.4) is 0 Å². The summed E-state index contributed by atoms with van der Waals surface area (Å²) in [7, 11) is 1.54. The van der Waals surface area contributed by atoms with Gasteiger partial charge in [0.15, 0.2) is 0 Å². The number of aliphatic hydroxyl groups is 1. The van der Waals surface area contributed by atoms with Gasteiger partial charge in [0, 0.05) is 17.0 Å². The Morgan fingerprint density at radius 2 is 2.25 bits per heavy atom. The molecule has 0 aliphatic heterocycles. The SMILES string of the molecule is COc1cccc(C(=O)NC[C@H](O)c2ccc(Cl)s2)c1. The minimum absolute atomic E-state index is 0.132. The normalized spacial score (nSPS) is 11.9. The third-order valence-corrected chi connectivity index (χ3v) is 4.04. The van der Waals surface area contributed by atoms with Gasteiger partial charge in [-0.15, -0.1) is 11.3 Å². The van der Waals surface area contributed by atoms with Crippen LogP contribution in [0.5, 0.6) is 5.75 Å². The maximum atomic E-state index is 12.0. The number of nitrogens with one attached hydrogen (secondary N) is 1. The first-order chi connectivity index (χ1) is 9.60. The van der Waals surface area contributed by atoms with E-state index in [-0.39, 0.29) is 12.5 Å². The zero-order valence-corrected chi connectivity index (χ0v) is 12.4. The van der Waals surface area contributed by atoms with Crippen molar-refractivity contribution < 1.29 is 14.6 Å². The molecule has 0 saturated carbocycles. The molecule has 0 bridgehead atoms. The molecule has 106 valence electrons. The lowest BCUT2D eigenvalue weighted by atomic mass is 10.2. The molecule has 4 nitrogen and oxygen atoms in total. The van der Waals surface area contributed by atoms with Crippen molar-refractivity contribution in [2.75, 3.05) is 13.7 Å². The average molecular weight is 312 g/mol. The molecule has 0 aliphatic carbocycles. The van der Waals surface area contributed by atoms with Crippen LogP contribution in [0, 0.1) is 0 Å². The first-order valence-electron chi connectivity index (χ1n) is 5.95. The van der Waals surface area contributed by atoms with Crippen molar-refractivity contribution in [1.29, 1.82) is 0 Å². The second-order valence-electron chi connectivity index (χ2n) is 4.10. The summed E-state index contributed by atoms with van der Waals surface area (Å²) < 4.78 is 5.67. The Balaban J connectivity index is 1.94. The molecule has 1 aromatic carbocycles. The molecule has 1 atom stereocenters. The highest BCUT2D eigenvalue weighted by atomic mass is 35.5. The maximum Gasteiger partial charge on any atom is 0.251 e. The van der Waals surface area contributed by atoms with Gasteiger partial charge in [-0.3, -0.25) is 4.79 Å². The number of methoxy groups -OCH3 is 1. The smallest absolute Gasteiger partial charge is 0.251 e. The number of ether oxygens (including phenoxy) is 1. The molecule has 20 heavy (non-hydrogen) atoms. The van der Waals surface area contributed by atoms with Crippen LogP contribution in [-0.4, -0.2) is 24.7 Å². The molecular formula is C14H14ClNO3S. The Kier molecular flexibility index (Phi) is 5.00. The van der Waals surface area contributed by atoms with Crippen LogP contribution in [0.4, 0.5) is 0 Å². The number of carbonyl (C=O) groups is 1. The summed E-state index contributed by atoms with van der Waals surface area (Å²) in [4.78, 5) is 12.7. The standard InChI is InChI=1S/C14H14ClNO3S/c1-19-10-4-2-3-9(7-10)14(18)16-8-11(17)12-5-6-13(15)20-12/h2-7,11,17H,8H2,1H3,(H,16,18)/t11-/m0/s1. The van der Waals surface area contributed by atoms with Crippen molar-refractivity contribution >= 4 is 28.8 Å². The maximum absolute atomic E-state index is 12.0. The van der Waals surface area contributed by atoms with Crippen LogP contribution in [0.2, 0.25) is 4.34 Å². The number of aliphatic hydroxyl groups excluding tert-OH is 1. The first-order valence-corrected chi connectivity index (χ1v) is 7.15. The highest BCUT2D eigenvalue weighted by molar-refractivity contribution is 7.16. The molecule has 2 aromatic rings. The highest BCUT2D eigenvalue weighted by Crippen LogP contribution is 2.26. The van der Waals surface area contributed by atoms with Crippen LogP contribution >= 0.6 is 22.9 Å². The Morgan fingerprint density at radius 3 is 2.90 bits per heavy atom. The largest absolute Gasteiger partial charge is 0.497 e. The number of benzene rings is 1. The fourth-order valence-corrected chi connectivity index (χ4v) is 2.71. The Labute approximate surface area is 126 Å². The number of thiophene rings is 1. The summed E-state index contributed by atoms with van der Waals surface area (Å²) in [5, 5.41) is 12.6. The van der Waals surface area contributed by atoms with E-state index >= 15 is 0 Å². The first kappa shape index (κ1) is 14.8. The summed E-state index contributed by atoms with van der Waals surface area (Å²) in [6, 6.07) is 10.3. The van der Waals surface area contributed by atoms with E-state index in [9.17, 15) is 9.90 Å². The van der Waals surface area contributed by atoms with E-state index in [0.717, 1.165) is 4.88 Å². The Morgan fingerprint density at radius 1 is 1.45 bits per heavy atom. The van der Waals surface area contributed by atoms with E-state index in [1.54, 1.807) is 43.5 Å². The van der Waals surface area contributed by atoms with Gasteiger partial charge in [-0.2, -0.15) is 0 Å². The van der Waals surface area contributed by atoms with E-state index in [1.165, 1.54) is 11.3 Å². The van der Waals surface area contributed by atoms with E-state index in [4.69, 9.17) is 16.3 Å². The molecule has 0 fully saturated rings. The fourth-order valence-electron chi connectivity index (χ4n) is 1.66. The summed E-state index contributed by atoms with van der Waals surface area (Å²) in [6.07, 6.45) is -0.762. The summed E-state index contributed by atoms with van der Waals surface area (Å²) in [5.41, 5.74) is 0.487. The zero-order chi connectivity index (χ0) is 14.5. The Bertz CT molecular complexity index is 600. The average Bonchev–Trinajstić information content (AvgIpc) is 2.91. The van der Waals surface area contributed by atoms with Crippen molar-refractivity contribution in [2.24, 2.45) is 0 Å². The summed E-state index contributed by atoms with van der Waals surface area (Å²) in [6.45, 7) is 0.132. The minimum atomic E-state index is -0.762. The summed E-state index contributed by atoms with van der Waals surface area (Å²) in [5.74, 6) is 0.355. The molecular weight excluding hydrogens is 298 g/mol. The molecule has 2 rings (SSSR count). The topological polar surface area (TPSA) is 58.6 Å². The quantitative estimate of drug-likeness (QED) is 0.892. The van der Waals surface area contributed by atoms with Crippen LogP contribution in [0.25, 0.3) is 0 Å². The van der Waals surface area contributed by atoms with Gasteiger partial charge in [0.2, 0.25) is 0 Å². The van der Waals surface area contributed by atoms with Crippen molar-refractivity contribution in [2.45, 2.75) is 6.10 Å². The van der Waals surface area contributed by atoms with Gasteiger partial charge in [-0.25, -0.2) is 0 Å². The molecule has 1 aromatic heterocycles. The van der Waals surface area contributed by atoms with Gasteiger partial charge in [0.25, 0.3) is 5.91 Å². The van der Waals surface area contributed by atoms with Gasteiger partial charge in [0.05, 0.1) is 11.4 Å². The van der Waals surface area contributed by atoms with Crippen LogP contribution in [0.15, 0.2) is 36.4 Å². The number of carbonyl (C=O) groups excluding carboxylic acids is 1. The second-order valence-corrected chi connectivity index (χ2v) is 5.85. The van der Waals surface area contributed by atoms with Gasteiger partial charge in [-0.05, 0) is 30.3 Å². The van der Waals surface area contributed by atoms with Crippen LogP contribution in [-0.2, 0) is 0 Å². The predicted molar refractivity (Wildman–Crippen MR) is 79.6 cm³/mol. The second kappa shape index (κ2) is 6.74. The predicted octanol–water partition coefficient (Wildman–Crippen LogP) is 2.87. The molecule has 1 amide bonds. The molecule has 2 N–H and O–H groups in total. The van der Waals surface area contributed by atoms with Crippen LogP contribution < -0.4 is 10.1 Å². The van der Waals surface area contributed by atoms with Crippen molar-refractivity contribution in [3.05, 3.63) is 51.2 Å². The number of rotatable bonds is 5. The molecule has 0 saturated heterocycles. The molecule has 0 unspecified atom stereocenters. The number of amides is 1. The van der Waals surface area contributed by atoms with Gasteiger partial charge in [0.1, 0.15) is 11.9 Å². The third kappa shape index (κ3) is 3.72. The molecule has 0 aliphatic rings. The lowest BCUT2D eigenvalue weighted by Crippen LogP contribution is -2.28. The van der Waals surface area contributed by atoms with E-state index in [1.807, 2.05) is 0 Å². The third-order valence-electron chi connectivity index (χ3n) is 2.71. The molecule has 0 spiro atoms. The minimum Gasteiger partial charge on any atom is -0.497 e. The molecule has 1 heterocycles. The fraction of sp³-hybridized carbons (Fsp3) is 0.214. The van der Waals surface area contributed by atoms with Gasteiger partial charge < -0.3 is 15.2 Å². The molecule has 6 heteroatoms. The van der Waals surface area contributed by atoms with E-state index in [0.29, 0.717) is 15.6 Å². The van der Waals surface area contributed by atoms with Gasteiger partial charge in [-0.1, -0.05) is 17.7 Å². The van der Waals surface area contributed by atoms with Crippen molar-refractivity contribution in [1.82, 2.24) is 5.32 Å². The van der Waals surface area contributed by atoms with Crippen molar-refractivity contribution in [3.63, 3.8) is 0 Å². The van der Waals surface area contributed by atoms with Gasteiger partial charge >= 0.3 is 0 Å². The van der Waals surface area contributed by atoms with Crippen molar-refractivity contribution in [3.8, 4) is 5.75 Å². The lowest BCUT2D eigenvalue weighted by molar-refractivity contribution is 0.0917. The van der Waals surface area contributed by atoms with E-state index in [2.05, 4.69) is 5.32 Å². The lowest BCUT2D eigenvalue weighted by Gasteiger charge is -2.10. The van der Waals surface area contributed by atoms with E-state index < -0.39 is 6.10 Å². The number of hydrogen-bond donors (Lipinski definition) is 2. The summed E-state index contributed by atoms with van der Waals surface area (Å²) >= 11 is 7.10.